The highest BCUT2D eigenvalue weighted by atomic mass is 31.2. The highest BCUT2D eigenvalue weighted by molar-refractivity contribution is 7.47. The fourth-order valence-electron chi connectivity index (χ4n) is 8.40. The van der Waals surface area contributed by atoms with Crippen LogP contribution in [0.15, 0.2) is 12.2 Å². The standard InChI is InChI=1S/C54H109N2O6P/c1-6-8-10-12-14-16-17-18-19-20-21-22-23-24-25-26-27-28-29-30-31-32-33-34-35-36-37-38-40-41-43-45-47-53(57)52(51-62-63(59,60)61-50-49-56(3,4)5)55-54(58)48-46-44-42-39-15-13-11-9-7-2/h45,47,52-53,57H,6-44,46,48-51H2,1-5H3,(H-,55,58,59,60)/p+1/b47-45+. The molecule has 0 aromatic heterocycles. The maximum atomic E-state index is 12.8. The molecule has 3 unspecified atom stereocenters. The van der Waals surface area contributed by atoms with Gasteiger partial charge in [-0.1, -0.05) is 264 Å². The number of phosphoric acid groups is 1. The Kier molecular flexibility index (Phi) is 45.8. The SMILES string of the molecule is CCCCCCCCCCCCCCCCCCCCCCCCCCCCCCCC/C=C/C(O)C(COP(=O)(O)OCC[N+](C)(C)C)NC(=O)CCCCCCCCCCC. The van der Waals surface area contributed by atoms with Crippen LogP contribution >= 0.6 is 7.82 Å². The van der Waals surface area contributed by atoms with Crippen LogP contribution in [0.4, 0.5) is 0 Å². The number of amides is 1. The molecule has 3 N–H and O–H groups in total. The number of unbranched alkanes of at least 4 members (excludes halogenated alkanes) is 38. The van der Waals surface area contributed by atoms with Crippen LogP contribution in [0.2, 0.25) is 0 Å². The number of allylic oxidation sites excluding steroid dienone is 1. The lowest BCUT2D eigenvalue weighted by Crippen LogP contribution is -2.45. The first-order valence-corrected chi connectivity index (χ1v) is 29.1. The molecule has 0 aliphatic rings. The normalized spacial score (nSPS) is 14.1. The average molecular weight is 914 g/mol. The molecule has 8 nitrogen and oxygen atoms in total. The van der Waals surface area contributed by atoms with Gasteiger partial charge in [0.15, 0.2) is 0 Å². The molecule has 9 heteroatoms. The van der Waals surface area contributed by atoms with Crippen molar-refractivity contribution < 1.29 is 32.9 Å². The van der Waals surface area contributed by atoms with Crippen molar-refractivity contribution in [2.75, 3.05) is 40.9 Å². The number of carbonyl (C=O) groups excluding carboxylic acids is 1. The zero-order chi connectivity index (χ0) is 46.4. The Balaban J connectivity index is 3.96. The smallest absolute Gasteiger partial charge is 0.387 e. The molecular formula is C54H110N2O6P+. The number of nitrogens with zero attached hydrogens (tertiary/aromatic N) is 1. The molecule has 0 radical (unpaired) electrons. The van der Waals surface area contributed by atoms with E-state index in [9.17, 15) is 19.4 Å². The van der Waals surface area contributed by atoms with Gasteiger partial charge in [0.25, 0.3) is 0 Å². The summed E-state index contributed by atoms with van der Waals surface area (Å²) in [6, 6.07) is -0.840. The second kappa shape index (κ2) is 46.4. The molecule has 0 aliphatic carbocycles. The Morgan fingerprint density at radius 2 is 0.841 bits per heavy atom. The number of hydrogen-bond acceptors (Lipinski definition) is 5. The van der Waals surface area contributed by atoms with Crippen LogP contribution in [0, 0.1) is 0 Å². The minimum Gasteiger partial charge on any atom is -0.387 e. The van der Waals surface area contributed by atoms with Crippen LogP contribution in [0.3, 0.4) is 0 Å². The number of quaternary nitrogens is 1. The predicted octanol–water partition coefficient (Wildman–Crippen LogP) is 16.3. The number of carbonyl (C=O) groups is 1. The van der Waals surface area contributed by atoms with Crippen molar-refractivity contribution in [1.82, 2.24) is 5.32 Å². The van der Waals surface area contributed by atoms with Gasteiger partial charge < -0.3 is 19.8 Å². The third-order valence-corrected chi connectivity index (χ3v) is 13.7. The Bertz CT molecular complexity index is 1040. The average Bonchev–Trinajstić information content (AvgIpc) is 3.24. The number of likely N-dealkylation sites (N-methyl/N-ethyl adjacent to an activating group) is 1. The third-order valence-electron chi connectivity index (χ3n) is 12.8. The number of rotatable bonds is 51. The summed E-state index contributed by atoms with van der Waals surface area (Å²) < 4.78 is 23.6. The van der Waals surface area contributed by atoms with Gasteiger partial charge in [0.05, 0.1) is 39.9 Å². The molecule has 1 amide bonds. The van der Waals surface area contributed by atoms with Crippen LogP contribution in [-0.2, 0) is 18.4 Å². The fourth-order valence-corrected chi connectivity index (χ4v) is 9.13. The van der Waals surface area contributed by atoms with E-state index in [1.54, 1.807) is 6.08 Å². The molecule has 0 rings (SSSR count). The van der Waals surface area contributed by atoms with E-state index < -0.39 is 20.0 Å². The van der Waals surface area contributed by atoms with Crippen molar-refractivity contribution in [3.05, 3.63) is 12.2 Å². The molecule has 0 heterocycles. The van der Waals surface area contributed by atoms with Crippen LogP contribution < -0.4 is 5.32 Å². The quantitative estimate of drug-likeness (QED) is 0.0243. The first kappa shape index (κ1) is 62.2. The number of aliphatic hydroxyl groups is 1. The number of aliphatic hydroxyl groups excluding tert-OH is 1. The van der Waals surface area contributed by atoms with Crippen LogP contribution in [0.5, 0.6) is 0 Å². The Morgan fingerprint density at radius 1 is 0.524 bits per heavy atom. The lowest BCUT2D eigenvalue weighted by molar-refractivity contribution is -0.870. The third kappa shape index (κ3) is 49.0. The van der Waals surface area contributed by atoms with Gasteiger partial charge >= 0.3 is 7.82 Å². The van der Waals surface area contributed by atoms with Crippen molar-refractivity contribution in [2.45, 2.75) is 289 Å². The highest BCUT2D eigenvalue weighted by Crippen LogP contribution is 2.43. The lowest BCUT2D eigenvalue weighted by atomic mass is 10.0. The van der Waals surface area contributed by atoms with Gasteiger partial charge in [0.1, 0.15) is 13.2 Å². The van der Waals surface area contributed by atoms with Crippen molar-refractivity contribution >= 4 is 13.7 Å². The van der Waals surface area contributed by atoms with E-state index in [1.807, 2.05) is 27.2 Å². The topological polar surface area (TPSA) is 105 Å². The zero-order valence-corrected chi connectivity index (χ0v) is 43.7. The van der Waals surface area contributed by atoms with Crippen LogP contribution in [0.25, 0.3) is 0 Å². The van der Waals surface area contributed by atoms with Crippen molar-refractivity contribution in [2.24, 2.45) is 0 Å². The monoisotopic (exact) mass is 914 g/mol. The maximum absolute atomic E-state index is 12.8. The van der Waals surface area contributed by atoms with Gasteiger partial charge in [0.2, 0.25) is 5.91 Å². The maximum Gasteiger partial charge on any atom is 0.472 e. The number of nitrogens with one attached hydrogen (secondary N) is 1. The largest absolute Gasteiger partial charge is 0.472 e. The van der Waals surface area contributed by atoms with E-state index in [-0.39, 0.29) is 19.1 Å². The van der Waals surface area contributed by atoms with Gasteiger partial charge in [-0.05, 0) is 19.3 Å². The minimum absolute atomic E-state index is 0.0645. The van der Waals surface area contributed by atoms with Crippen LogP contribution in [0.1, 0.15) is 277 Å². The minimum atomic E-state index is -4.33. The van der Waals surface area contributed by atoms with Crippen molar-refractivity contribution in [3.63, 3.8) is 0 Å². The Labute approximate surface area is 392 Å². The van der Waals surface area contributed by atoms with E-state index in [1.165, 1.54) is 225 Å². The molecule has 0 saturated heterocycles. The molecule has 0 fully saturated rings. The van der Waals surface area contributed by atoms with Gasteiger partial charge in [-0.25, -0.2) is 4.57 Å². The zero-order valence-electron chi connectivity index (χ0n) is 42.8. The summed E-state index contributed by atoms with van der Waals surface area (Å²) >= 11 is 0. The Morgan fingerprint density at radius 3 is 1.17 bits per heavy atom. The van der Waals surface area contributed by atoms with Gasteiger partial charge in [-0.2, -0.15) is 0 Å². The predicted molar refractivity (Wildman–Crippen MR) is 272 cm³/mol. The molecule has 0 aromatic carbocycles. The molecule has 0 saturated carbocycles. The lowest BCUT2D eigenvalue weighted by Gasteiger charge is -2.25. The summed E-state index contributed by atoms with van der Waals surface area (Å²) in [6.45, 7) is 4.82. The molecule has 0 spiro atoms. The summed E-state index contributed by atoms with van der Waals surface area (Å²) in [5.41, 5.74) is 0. The second-order valence-corrected chi connectivity index (χ2v) is 21.8. The highest BCUT2D eigenvalue weighted by Gasteiger charge is 2.27. The summed E-state index contributed by atoms with van der Waals surface area (Å²) in [5, 5.41) is 13.8. The van der Waals surface area contributed by atoms with E-state index in [2.05, 4.69) is 19.2 Å². The Hall–Kier alpha value is -0.760. The van der Waals surface area contributed by atoms with Gasteiger partial charge in [-0.3, -0.25) is 13.8 Å². The number of hydrogen-bond donors (Lipinski definition) is 3. The van der Waals surface area contributed by atoms with Gasteiger partial charge in [-0.15, -0.1) is 0 Å². The molecule has 376 valence electrons. The number of phosphoric ester groups is 1. The van der Waals surface area contributed by atoms with Gasteiger partial charge in [0, 0.05) is 6.42 Å². The summed E-state index contributed by atoms with van der Waals surface area (Å²) in [5.74, 6) is -0.177. The summed E-state index contributed by atoms with van der Waals surface area (Å²) in [6.07, 6.45) is 56.2. The van der Waals surface area contributed by atoms with Crippen molar-refractivity contribution in [3.8, 4) is 0 Å². The molecular weight excluding hydrogens is 804 g/mol. The molecule has 3 atom stereocenters. The van der Waals surface area contributed by atoms with Crippen LogP contribution in [-0.4, -0.2) is 73.4 Å². The van der Waals surface area contributed by atoms with Crippen molar-refractivity contribution in [1.29, 1.82) is 0 Å². The fraction of sp³-hybridized carbons (Fsp3) is 0.944. The molecule has 0 aromatic rings. The van der Waals surface area contributed by atoms with E-state index >= 15 is 0 Å². The van der Waals surface area contributed by atoms with E-state index in [0.29, 0.717) is 17.4 Å². The molecule has 63 heavy (non-hydrogen) atoms. The van der Waals surface area contributed by atoms with E-state index in [4.69, 9.17) is 9.05 Å². The molecule has 0 bridgehead atoms. The molecule has 0 aliphatic heterocycles. The first-order valence-electron chi connectivity index (χ1n) is 27.6. The summed E-state index contributed by atoms with van der Waals surface area (Å²) in [4.78, 5) is 23.1. The first-order chi connectivity index (χ1) is 30.5. The van der Waals surface area contributed by atoms with E-state index in [0.717, 1.165) is 32.1 Å². The second-order valence-electron chi connectivity index (χ2n) is 20.3. The summed E-state index contributed by atoms with van der Waals surface area (Å²) in [7, 11) is 1.58.